The fourth-order valence-electron chi connectivity index (χ4n) is 3.36. The van der Waals surface area contributed by atoms with Crippen molar-refractivity contribution < 1.29 is 4.74 Å². The monoisotopic (exact) mass is 290 g/mol. The van der Waals surface area contributed by atoms with Crippen LogP contribution in [0.25, 0.3) is 0 Å². The molecule has 0 aromatic heterocycles. The van der Waals surface area contributed by atoms with Crippen LogP contribution >= 0.6 is 0 Å². The van der Waals surface area contributed by atoms with Gasteiger partial charge in [-0.15, -0.1) is 0 Å². The molecule has 1 aromatic rings. The SMILES string of the molecule is CCC(NC(C)C1CCN(C)CC1)c1ccccc1OC. The molecular formula is C18H30N2O. The Bertz CT molecular complexity index is 427. The molecule has 21 heavy (non-hydrogen) atoms. The number of hydrogen-bond donors (Lipinski definition) is 1. The summed E-state index contributed by atoms with van der Waals surface area (Å²) in [7, 11) is 3.98. The lowest BCUT2D eigenvalue weighted by atomic mass is 9.89. The highest BCUT2D eigenvalue weighted by Gasteiger charge is 2.25. The number of nitrogens with one attached hydrogen (secondary N) is 1. The van der Waals surface area contributed by atoms with Crippen molar-refractivity contribution in [3.8, 4) is 5.75 Å². The average Bonchev–Trinajstić information content (AvgIpc) is 2.53. The molecule has 0 radical (unpaired) electrons. The number of nitrogens with zero attached hydrogens (tertiary/aromatic N) is 1. The Kier molecular flexibility index (Phi) is 6.07. The predicted molar refractivity (Wildman–Crippen MR) is 88.8 cm³/mol. The number of ether oxygens (including phenoxy) is 1. The van der Waals surface area contributed by atoms with Gasteiger partial charge in [-0.2, -0.15) is 0 Å². The molecule has 3 heteroatoms. The van der Waals surface area contributed by atoms with Crippen molar-refractivity contribution in [3.63, 3.8) is 0 Å². The number of piperidine rings is 1. The minimum absolute atomic E-state index is 0.371. The number of rotatable bonds is 6. The first-order chi connectivity index (χ1) is 10.2. The Morgan fingerprint density at radius 3 is 2.57 bits per heavy atom. The smallest absolute Gasteiger partial charge is 0.123 e. The maximum absolute atomic E-state index is 5.52. The van der Waals surface area contributed by atoms with Gasteiger partial charge in [-0.25, -0.2) is 0 Å². The normalized spacial score (nSPS) is 20.2. The zero-order chi connectivity index (χ0) is 15.2. The molecule has 0 spiro atoms. The van der Waals surface area contributed by atoms with Gasteiger partial charge in [0.15, 0.2) is 0 Å². The van der Waals surface area contributed by atoms with Crippen LogP contribution in [0.4, 0.5) is 0 Å². The fourth-order valence-corrected chi connectivity index (χ4v) is 3.36. The summed E-state index contributed by atoms with van der Waals surface area (Å²) in [6, 6.07) is 9.29. The Hall–Kier alpha value is -1.06. The maximum atomic E-state index is 5.52. The third-order valence-corrected chi connectivity index (χ3v) is 4.86. The number of hydrogen-bond acceptors (Lipinski definition) is 3. The largest absolute Gasteiger partial charge is 0.496 e. The molecule has 1 saturated heterocycles. The number of para-hydroxylation sites is 1. The van der Waals surface area contributed by atoms with Gasteiger partial charge in [-0.3, -0.25) is 0 Å². The maximum Gasteiger partial charge on any atom is 0.123 e. The van der Waals surface area contributed by atoms with Gasteiger partial charge in [0.1, 0.15) is 5.75 Å². The van der Waals surface area contributed by atoms with Crippen LogP contribution in [-0.2, 0) is 0 Å². The molecule has 0 aliphatic carbocycles. The summed E-state index contributed by atoms with van der Waals surface area (Å²) >= 11 is 0. The molecule has 2 rings (SSSR count). The van der Waals surface area contributed by atoms with E-state index in [0.29, 0.717) is 12.1 Å². The van der Waals surface area contributed by atoms with Crippen molar-refractivity contribution in [2.45, 2.75) is 45.2 Å². The molecule has 1 aliphatic rings. The summed E-state index contributed by atoms with van der Waals surface area (Å²) in [5.41, 5.74) is 1.28. The average molecular weight is 290 g/mol. The summed E-state index contributed by atoms with van der Waals surface area (Å²) in [6.45, 7) is 7.03. The first-order valence-electron chi connectivity index (χ1n) is 8.23. The first-order valence-corrected chi connectivity index (χ1v) is 8.23. The zero-order valence-corrected chi connectivity index (χ0v) is 13.9. The van der Waals surface area contributed by atoms with E-state index in [1.54, 1.807) is 7.11 Å². The van der Waals surface area contributed by atoms with E-state index in [0.717, 1.165) is 18.1 Å². The van der Waals surface area contributed by atoms with E-state index >= 15 is 0 Å². The minimum atomic E-state index is 0.371. The van der Waals surface area contributed by atoms with Gasteiger partial charge < -0.3 is 15.0 Å². The Morgan fingerprint density at radius 2 is 1.95 bits per heavy atom. The van der Waals surface area contributed by atoms with Crippen LogP contribution in [0.3, 0.4) is 0 Å². The molecule has 1 aliphatic heterocycles. The van der Waals surface area contributed by atoms with Crippen molar-refractivity contribution in [1.82, 2.24) is 10.2 Å². The van der Waals surface area contributed by atoms with E-state index in [9.17, 15) is 0 Å². The lowest BCUT2D eigenvalue weighted by Gasteiger charge is -2.35. The summed E-state index contributed by atoms with van der Waals surface area (Å²) in [4.78, 5) is 2.43. The molecule has 2 unspecified atom stereocenters. The molecule has 1 aromatic carbocycles. The van der Waals surface area contributed by atoms with Crippen LogP contribution in [-0.4, -0.2) is 38.2 Å². The lowest BCUT2D eigenvalue weighted by Crippen LogP contribution is -2.42. The molecule has 118 valence electrons. The second kappa shape index (κ2) is 7.81. The third kappa shape index (κ3) is 4.21. The molecule has 1 heterocycles. The molecule has 1 fully saturated rings. The van der Waals surface area contributed by atoms with Gasteiger partial charge in [0, 0.05) is 17.6 Å². The molecule has 1 N–H and O–H groups in total. The van der Waals surface area contributed by atoms with E-state index in [1.165, 1.54) is 31.5 Å². The Balaban J connectivity index is 2.01. The van der Waals surface area contributed by atoms with Crippen molar-refractivity contribution in [2.24, 2.45) is 5.92 Å². The molecule has 0 bridgehead atoms. The van der Waals surface area contributed by atoms with Gasteiger partial charge in [0.05, 0.1) is 7.11 Å². The van der Waals surface area contributed by atoms with Gasteiger partial charge in [-0.05, 0) is 58.3 Å². The van der Waals surface area contributed by atoms with E-state index in [2.05, 4.69) is 49.3 Å². The van der Waals surface area contributed by atoms with Crippen molar-refractivity contribution in [2.75, 3.05) is 27.2 Å². The van der Waals surface area contributed by atoms with Crippen LogP contribution in [0.15, 0.2) is 24.3 Å². The van der Waals surface area contributed by atoms with E-state index < -0.39 is 0 Å². The Labute approximate surface area is 129 Å². The summed E-state index contributed by atoms with van der Waals surface area (Å²) in [6.07, 6.45) is 3.68. The molecule has 2 atom stereocenters. The van der Waals surface area contributed by atoms with Gasteiger partial charge in [-0.1, -0.05) is 25.1 Å². The summed E-state index contributed by atoms with van der Waals surface area (Å²) in [5, 5.41) is 3.84. The second-order valence-electron chi connectivity index (χ2n) is 6.30. The van der Waals surface area contributed by atoms with Crippen molar-refractivity contribution in [3.05, 3.63) is 29.8 Å². The second-order valence-corrected chi connectivity index (χ2v) is 6.30. The lowest BCUT2D eigenvalue weighted by molar-refractivity contribution is 0.183. The third-order valence-electron chi connectivity index (χ3n) is 4.86. The van der Waals surface area contributed by atoms with Gasteiger partial charge >= 0.3 is 0 Å². The number of likely N-dealkylation sites (tertiary alicyclic amines) is 1. The molecule has 3 nitrogen and oxygen atoms in total. The predicted octanol–water partition coefficient (Wildman–Crippen LogP) is 3.47. The van der Waals surface area contributed by atoms with E-state index in [4.69, 9.17) is 4.74 Å². The highest BCUT2D eigenvalue weighted by atomic mass is 16.5. The highest BCUT2D eigenvalue weighted by molar-refractivity contribution is 5.35. The van der Waals surface area contributed by atoms with Crippen molar-refractivity contribution >= 4 is 0 Å². The van der Waals surface area contributed by atoms with Crippen LogP contribution in [0.2, 0.25) is 0 Å². The number of methoxy groups -OCH3 is 1. The number of benzene rings is 1. The minimum Gasteiger partial charge on any atom is -0.496 e. The van der Waals surface area contributed by atoms with Crippen LogP contribution < -0.4 is 10.1 Å². The van der Waals surface area contributed by atoms with Crippen LogP contribution in [0.1, 0.15) is 44.7 Å². The van der Waals surface area contributed by atoms with Crippen LogP contribution in [0, 0.1) is 5.92 Å². The van der Waals surface area contributed by atoms with E-state index in [-0.39, 0.29) is 0 Å². The highest BCUT2D eigenvalue weighted by Crippen LogP contribution is 2.29. The van der Waals surface area contributed by atoms with Crippen molar-refractivity contribution in [1.29, 1.82) is 0 Å². The molecular weight excluding hydrogens is 260 g/mol. The zero-order valence-electron chi connectivity index (χ0n) is 13.9. The van der Waals surface area contributed by atoms with E-state index in [1.807, 2.05) is 6.07 Å². The topological polar surface area (TPSA) is 24.5 Å². The standard InChI is InChI=1S/C18H30N2O/c1-5-17(16-8-6-7-9-18(16)21-4)19-14(2)15-10-12-20(3)13-11-15/h6-9,14-15,17,19H,5,10-13H2,1-4H3. The summed E-state index contributed by atoms with van der Waals surface area (Å²) in [5.74, 6) is 1.78. The van der Waals surface area contributed by atoms with Crippen LogP contribution in [0.5, 0.6) is 5.75 Å². The quantitative estimate of drug-likeness (QED) is 0.868. The summed E-state index contributed by atoms with van der Waals surface area (Å²) < 4.78 is 5.52. The molecule has 0 saturated carbocycles. The van der Waals surface area contributed by atoms with Gasteiger partial charge in [0.25, 0.3) is 0 Å². The fraction of sp³-hybridized carbons (Fsp3) is 0.667. The Morgan fingerprint density at radius 1 is 1.29 bits per heavy atom. The molecule has 0 amide bonds. The first kappa shape index (κ1) is 16.3. The van der Waals surface area contributed by atoms with Gasteiger partial charge in [0.2, 0.25) is 0 Å².